The highest BCUT2D eigenvalue weighted by Crippen LogP contribution is 2.42. The average molecular weight is 977 g/mol. The van der Waals surface area contributed by atoms with Gasteiger partial charge in [-0.05, 0) is 148 Å². The van der Waals surface area contributed by atoms with E-state index in [1.165, 1.54) is 48.9 Å². The number of hydrogen-bond acceptors (Lipinski definition) is 8. The number of anilines is 6. The second-order valence-corrected chi connectivity index (χ2v) is 19.3. The van der Waals surface area contributed by atoms with Gasteiger partial charge in [0.25, 0.3) is 0 Å². The topological polar surface area (TPSA) is 51.2 Å². The molecule has 0 aliphatic carbocycles. The van der Waals surface area contributed by atoms with Gasteiger partial charge in [0, 0.05) is 60.1 Å². The molecule has 0 saturated heterocycles. The van der Waals surface area contributed by atoms with Crippen LogP contribution in [0.15, 0.2) is 243 Å². The van der Waals surface area contributed by atoms with Crippen LogP contribution in [0.4, 0.5) is 34.1 Å². The lowest BCUT2D eigenvalue weighted by Gasteiger charge is -2.26. The number of esters is 1. The molecule has 0 N–H and O–H groups in total. The quantitative estimate of drug-likeness (QED) is 0.0265. The molecule has 10 aromatic rings. The molecule has 72 heavy (non-hydrogen) atoms. The second kappa shape index (κ2) is 22.8. The van der Waals surface area contributed by atoms with Crippen molar-refractivity contribution in [3.63, 3.8) is 0 Å². The monoisotopic (exact) mass is 976 g/mol. The van der Waals surface area contributed by atoms with Crippen molar-refractivity contribution in [1.82, 2.24) is 0 Å². The first-order valence-corrected chi connectivity index (χ1v) is 25.5. The summed E-state index contributed by atoms with van der Waals surface area (Å²) >= 11 is 3.60. The highest BCUT2D eigenvalue weighted by molar-refractivity contribution is 7.19. The third-order valence-corrected chi connectivity index (χ3v) is 14.8. The van der Waals surface area contributed by atoms with Crippen LogP contribution in [-0.4, -0.2) is 19.7 Å². The molecule has 0 saturated carbocycles. The fraction of sp³-hybridized carbons (Fsp3) is 0.0781. The van der Waals surface area contributed by atoms with Crippen LogP contribution in [0.1, 0.15) is 17.5 Å². The van der Waals surface area contributed by atoms with E-state index >= 15 is 0 Å². The Bertz CT molecular complexity index is 3330. The minimum atomic E-state index is -0.213. The van der Waals surface area contributed by atoms with Gasteiger partial charge >= 0.3 is 5.97 Å². The molecule has 10 rings (SSSR count). The van der Waals surface area contributed by atoms with Crippen LogP contribution in [-0.2, 0) is 32.3 Å². The predicted octanol–water partition coefficient (Wildman–Crippen LogP) is 17.8. The molecule has 0 aliphatic heterocycles. The summed E-state index contributed by atoms with van der Waals surface area (Å²) in [5, 5.41) is 0. The van der Waals surface area contributed by atoms with Crippen LogP contribution >= 0.6 is 22.7 Å². The highest BCUT2D eigenvalue weighted by atomic mass is 32.1. The number of nitrogens with zero attached hydrogens (tertiary/aromatic N) is 2. The van der Waals surface area contributed by atoms with Gasteiger partial charge < -0.3 is 14.5 Å². The number of methoxy groups -OCH3 is 1. The Kier molecular flexibility index (Phi) is 15.0. The number of benzene rings is 8. The van der Waals surface area contributed by atoms with E-state index < -0.39 is 0 Å². The maximum absolute atomic E-state index is 11.9. The smallest absolute Gasteiger partial charge is 0.305 e. The van der Waals surface area contributed by atoms with E-state index in [1.54, 1.807) is 28.7 Å². The first-order valence-electron chi connectivity index (χ1n) is 23.9. The SMILES string of the molecule is C=CCOOCc1ccc(N(c2ccc(-c3ccc(N(c4ccc(CCC(=O)OC)cc4)c4ccc(-c5ccc(-c6ccccc6)s5)cc4)cc3)cc2)c2ccc(-c3ccc(-c4ccccc4)s3)cc2)cc1. The highest BCUT2D eigenvalue weighted by Gasteiger charge is 2.17. The third kappa shape index (κ3) is 11.2. The van der Waals surface area contributed by atoms with E-state index in [0.717, 1.165) is 56.4 Å². The second-order valence-electron chi connectivity index (χ2n) is 17.2. The minimum Gasteiger partial charge on any atom is -0.469 e. The Morgan fingerprint density at radius 2 is 0.750 bits per heavy atom. The Labute approximate surface area is 429 Å². The van der Waals surface area contributed by atoms with Crippen molar-refractivity contribution in [2.45, 2.75) is 19.4 Å². The Morgan fingerprint density at radius 1 is 0.417 bits per heavy atom. The Balaban J connectivity index is 0.921. The summed E-state index contributed by atoms with van der Waals surface area (Å²) in [5.41, 5.74) is 15.3. The number of carbonyl (C=O) groups is 1. The van der Waals surface area contributed by atoms with Crippen molar-refractivity contribution in [3.05, 3.63) is 254 Å². The van der Waals surface area contributed by atoms with Gasteiger partial charge in [-0.15, -0.1) is 29.3 Å². The van der Waals surface area contributed by atoms with Crippen molar-refractivity contribution in [2.75, 3.05) is 23.5 Å². The van der Waals surface area contributed by atoms with E-state index in [9.17, 15) is 4.79 Å². The predicted molar refractivity (Wildman–Crippen MR) is 300 cm³/mol. The number of rotatable bonds is 19. The van der Waals surface area contributed by atoms with Crippen molar-refractivity contribution < 1.29 is 19.3 Å². The van der Waals surface area contributed by atoms with E-state index in [-0.39, 0.29) is 5.97 Å². The molecule has 0 unspecified atom stereocenters. The van der Waals surface area contributed by atoms with Crippen molar-refractivity contribution in [2.24, 2.45) is 0 Å². The number of aryl methyl sites for hydroxylation is 1. The molecule has 2 aromatic heterocycles. The van der Waals surface area contributed by atoms with E-state index in [0.29, 0.717) is 26.1 Å². The minimum absolute atomic E-state index is 0.213. The van der Waals surface area contributed by atoms with E-state index in [1.807, 2.05) is 0 Å². The molecule has 0 aliphatic rings. The zero-order valence-corrected chi connectivity index (χ0v) is 41.5. The van der Waals surface area contributed by atoms with Crippen LogP contribution in [0.25, 0.3) is 52.9 Å². The molecule has 6 nitrogen and oxygen atoms in total. The van der Waals surface area contributed by atoms with Gasteiger partial charge in [-0.25, -0.2) is 9.78 Å². The number of carbonyl (C=O) groups excluding carboxylic acids is 1. The molecular weight excluding hydrogens is 925 g/mol. The maximum atomic E-state index is 11.9. The van der Waals surface area contributed by atoms with Crippen LogP contribution < -0.4 is 9.80 Å². The lowest BCUT2D eigenvalue weighted by atomic mass is 10.0. The largest absolute Gasteiger partial charge is 0.469 e. The van der Waals surface area contributed by atoms with E-state index in [4.69, 9.17) is 14.5 Å². The zero-order valence-electron chi connectivity index (χ0n) is 39.9. The summed E-state index contributed by atoms with van der Waals surface area (Å²) in [7, 11) is 1.43. The molecule has 354 valence electrons. The third-order valence-electron chi connectivity index (χ3n) is 12.5. The van der Waals surface area contributed by atoms with Crippen molar-refractivity contribution >= 4 is 62.8 Å². The van der Waals surface area contributed by atoms with Gasteiger partial charge in [0.05, 0.1) is 7.11 Å². The summed E-state index contributed by atoms with van der Waals surface area (Å²) in [6.07, 6.45) is 2.62. The lowest BCUT2D eigenvalue weighted by molar-refractivity contribution is -0.295. The average Bonchev–Trinajstić information content (AvgIpc) is 4.16. The van der Waals surface area contributed by atoms with Crippen molar-refractivity contribution in [1.29, 1.82) is 0 Å². The number of hydrogen-bond donors (Lipinski definition) is 0. The molecule has 8 heteroatoms. The van der Waals surface area contributed by atoms with Gasteiger partial charge in [-0.3, -0.25) is 4.79 Å². The van der Waals surface area contributed by atoms with Crippen LogP contribution in [0.3, 0.4) is 0 Å². The fourth-order valence-corrected chi connectivity index (χ4v) is 10.7. The number of thiophene rings is 2. The van der Waals surface area contributed by atoms with Gasteiger partial charge in [0.2, 0.25) is 0 Å². The Morgan fingerprint density at radius 3 is 1.11 bits per heavy atom. The molecule has 8 aromatic carbocycles. The summed E-state index contributed by atoms with van der Waals surface area (Å²) < 4.78 is 4.90. The Hall–Kier alpha value is -8.11. The van der Waals surface area contributed by atoms with Gasteiger partial charge in [-0.1, -0.05) is 140 Å². The summed E-state index contributed by atoms with van der Waals surface area (Å²) in [4.78, 5) is 32.0. The summed E-state index contributed by atoms with van der Waals surface area (Å²) in [6.45, 7) is 4.36. The standard InChI is InChI=1S/C64H52N2O4S2/c1-3-44-69-70-45-47-16-29-55(30-17-47)66(59-37-25-53(26-38-59)63-42-40-61(72-63)51-12-8-5-9-13-51)57-33-21-49(22-34-57)48-19-31-56(32-20-48)65(54-27-14-46(15-28-54)18-43-64(67)68-2)58-35-23-52(24-36-58)62-41-39-60(71-62)50-10-6-4-7-11-50/h3-17,19-42H,1,18,43-45H2,2H3. The van der Waals surface area contributed by atoms with Crippen LogP contribution in [0.2, 0.25) is 0 Å². The summed E-state index contributed by atoms with van der Waals surface area (Å²) in [6, 6.07) is 81.8. The number of ether oxygens (including phenoxy) is 1. The van der Waals surface area contributed by atoms with Gasteiger partial charge in [0.15, 0.2) is 0 Å². The molecule has 0 radical (unpaired) electrons. The molecule has 0 atom stereocenters. The van der Waals surface area contributed by atoms with E-state index in [2.05, 4.69) is 247 Å². The zero-order chi connectivity index (χ0) is 49.1. The van der Waals surface area contributed by atoms with Crippen LogP contribution in [0.5, 0.6) is 0 Å². The first kappa shape index (κ1) is 47.6. The van der Waals surface area contributed by atoms with Gasteiger partial charge in [0.1, 0.15) is 13.2 Å². The maximum Gasteiger partial charge on any atom is 0.305 e. The normalized spacial score (nSPS) is 11.0. The van der Waals surface area contributed by atoms with Gasteiger partial charge in [-0.2, -0.15) is 0 Å². The fourth-order valence-electron chi connectivity index (χ4n) is 8.66. The summed E-state index contributed by atoms with van der Waals surface area (Å²) in [5.74, 6) is -0.213. The molecule has 2 heterocycles. The molecule has 0 spiro atoms. The molecule has 0 amide bonds. The molecular formula is C64H52N2O4S2. The van der Waals surface area contributed by atoms with Crippen LogP contribution in [0, 0.1) is 0 Å². The van der Waals surface area contributed by atoms with Crippen molar-refractivity contribution in [3.8, 4) is 52.9 Å². The lowest BCUT2D eigenvalue weighted by Crippen LogP contribution is -2.10. The molecule has 0 bridgehead atoms. The molecule has 0 fully saturated rings. The first-order chi connectivity index (χ1) is 35.5.